The highest BCUT2D eigenvalue weighted by Gasteiger charge is 2.42. The number of carbonyl (C=O) groups is 1. The Labute approximate surface area is 162 Å². The lowest BCUT2D eigenvalue weighted by Crippen LogP contribution is -2.37. The molecular formula is C19H25IO3S. The van der Waals surface area contributed by atoms with Crippen LogP contribution in [0.1, 0.15) is 55.5 Å². The third kappa shape index (κ3) is 4.55. The summed E-state index contributed by atoms with van der Waals surface area (Å²) >= 11 is 4.03. The van der Waals surface area contributed by atoms with Crippen LogP contribution in [0.25, 0.3) is 0 Å². The fourth-order valence-electron chi connectivity index (χ4n) is 2.83. The fraction of sp³-hybridized carbons (Fsp3) is 0.526. The zero-order valence-electron chi connectivity index (χ0n) is 14.5. The van der Waals surface area contributed by atoms with E-state index >= 15 is 0 Å². The monoisotopic (exact) mass is 460 g/mol. The minimum Gasteiger partial charge on any atom is -0.447 e. The molecule has 0 saturated carbocycles. The molecule has 24 heavy (non-hydrogen) atoms. The molecule has 1 aliphatic rings. The number of halogens is 1. The van der Waals surface area contributed by atoms with Crippen molar-refractivity contribution in [3.05, 3.63) is 46.4 Å². The van der Waals surface area contributed by atoms with Crippen molar-refractivity contribution in [2.45, 2.75) is 45.1 Å². The molecule has 5 heteroatoms. The molecule has 132 valence electrons. The number of esters is 1. The van der Waals surface area contributed by atoms with Crippen molar-refractivity contribution >= 4 is 40.3 Å². The van der Waals surface area contributed by atoms with Crippen LogP contribution >= 0.6 is 34.4 Å². The molecule has 2 unspecified atom stereocenters. The third-order valence-electron chi connectivity index (χ3n) is 4.52. The minimum atomic E-state index is -0.628. The van der Waals surface area contributed by atoms with Gasteiger partial charge in [-0.3, -0.25) is 0 Å². The normalized spacial score (nSPS) is 22.4. The summed E-state index contributed by atoms with van der Waals surface area (Å²) in [5, 5.41) is 0. The van der Waals surface area contributed by atoms with Gasteiger partial charge in [-0.2, -0.15) is 0 Å². The number of hydrogen-bond acceptors (Lipinski definition) is 4. The molecule has 1 aliphatic heterocycles. The van der Waals surface area contributed by atoms with Gasteiger partial charge in [-0.25, -0.2) is 4.79 Å². The highest BCUT2D eigenvalue weighted by molar-refractivity contribution is 14.1. The zero-order valence-corrected chi connectivity index (χ0v) is 17.5. The van der Waals surface area contributed by atoms with Crippen LogP contribution in [0.2, 0.25) is 0 Å². The van der Waals surface area contributed by atoms with E-state index in [1.54, 1.807) is 11.8 Å². The van der Waals surface area contributed by atoms with Gasteiger partial charge in [0.1, 0.15) is 0 Å². The first kappa shape index (κ1) is 19.8. The molecule has 1 saturated heterocycles. The van der Waals surface area contributed by atoms with E-state index in [0.29, 0.717) is 31.1 Å². The first-order valence-corrected chi connectivity index (χ1v) is 10.8. The predicted octanol–water partition coefficient (Wildman–Crippen LogP) is 5.55. The Morgan fingerprint density at radius 2 is 2.17 bits per heavy atom. The summed E-state index contributed by atoms with van der Waals surface area (Å²) in [5.74, 6) is 0.226. The molecule has 0 amide bonds. The van der Waals surface area contributed by atoms with Crippen molar-refractivity contribution in [2.75, 3.05) is 17.0 Å². The third-order valence-corrected chi connectivity index (χ3v) is 6.48. The summed E-state index contributed by atoms with van der Waals surface area (Å²) in [6, 6.07) is 7.79. The lowest BCUT2D eigenvalue weighted by atomic mass is 9.97. The van der Waals surface area contributed by atoms with Crippen LogP contribution in [0.3, 0.4) is 0 Å². The Hall–Kier alpha value is -0.530. The first-order chi connectivity index (χ1) is 11.6. The average Bonchev–Trinajstić information content (AvgIpc) is 3.08. The molecule has 1 aromatic carbocycles. The number of hydrogen-bond donors (Lipinski definition) is 0. The van der Waals surface area contributed by atoms with Crippen LogP contribution in [0.15, 0.2) is 35.2 Å². The van der Waals surface area contributed by atoms with Gasteiger partial charge in [0.15, 0.2) is 5.60 Å². The summed E-state index contributed by atoms with van der Waals surface area (Å²) in [5.41, 5.74) is 1.22. The van der Waals surface area contributed by atoms with E-state index in [1.165, 1.54) is 5.56 Å². The summed E-state index contributed by atoms with van der Waals surface area (Å²) in [7, 11) is 0. The van der Waals surface area contributed by atoms with Crippen molar-refractivity contribution in [2.24, 2.45) is 0 Å². The van der Waals surface area contributed by atoms with Gasteiger partial charge in [0.2, 0.25) is 0 Å². The van der Waals surface area contributed by atoms with Crippen molar-refractivity contribution in [3.63, 3.8) is 0 Å². The van der Waals surface area contributed by atoms with Gasteiger partial charge < -0.3 is 9.47 Å². The number of benzene rings is 1. The Balaban J connectivity index is 2.16. The summed E-state index contributed by atoms with van der Waals surface area (Å²) in [6.45, 7) is 7.41. The standard InChI is InChI=1S/C19H25IO3S/c1-4-14(3)15-6-8-16(9-7-15)18(21)23-19(10-11-22-12-19)17(5-2)24-13-20/h5-9,14H,4,10-13H2,1-3H3/b17-5-. The van der Waals surface area contributed by atoms with Crippen LogP contribution in [0.4, 0.5) is 0 Å². The molecule has 0 bridgehead atoms. The van der Waals surface area contributed by atoms with Crippen molar-refractivity contribution in [1.82, 2.24) is 0 Å². The highest BCUT2D eigenvalue weighted by atomic mass is 127. The zero-order chi connectivity index (χ0) is 17.6. The van der Waals surface area contributed by atoms with Gasteiger partial charge in [0.25, 0.3) is 0 Å². The van der Waals surface area contributed by atoms with Gasteiger partial charge in [-0.1, -0.05) is 54.6 Å². The number of alkyl halides is 1. The van der Waals surface area contributed by atoms with Crippen molar-refractivity contribution < 1.29 is 14.3 Å². The topological polar surface area (TPSA) is 35.5 Å². The second-order valence-electron chi connectivity index (χ2n) is 6.02. The smallest absolute Gasteiger partial charge is 0.339 e. The minimum absolute atomic E-state index is 0.274. The molecule has 0 aliphatic carbocycles. The van der Waals surface area contributed by atoms with Gasteiger partial charge >= 0.3 is 5.97 Å². The molecule has 0 spiro atoms. The summed E-state index contributed by atoms with van der Waals surface area (Å²) in [4.78, 5) is 13.7. The number of rotatable bonds is 7. The molecule has 2 atom stereocenters. The lowest BCUT2D eigenvalue weighted by Gasteiger charge is -2.29. The second kappa shape index (κ2) is 9.25. The maximum Gasteiger partial charge on any atom is 0.339 e. The average molecular weight is 460 g/mol. The Kier molecular flexibility index (Phi) is 7.62. The van der Waals surface area contributed by atoms with E-state index in [2.05, 4.69) is 36.4 Å². The molecule has 1 heterocycles. The quantitative estimate of drug-likeness (QED) is 0.304. The van der Waals surface area contributed by atoms with Gasteiger partial charge in [-0.15, -0.1) is 11.8 Å². The first-order valence-electron chi connectivity index (χ1n) is 8.33. The lowest BCUT2D eigenvalue weighted by molar-refractivity contribution is -0.00174. The SMILES string of the molecule is C/C=C(\SCI)C1(OC(=O)c2ccc(C(C)CC)cc2)CCOC1. The van der Waals surface area contributed by atoms with E-state index < -0.39 is 5.60 Å². The second-order valence-corrected chi connectivity index (χ2v) is 8.84. The van der Waals surface area contributed by atoms with E-state index in [0.717, 1.165) is 15.1 Å². The predicted molar refractivity (Wildman–Crippen MR) is 109 cm³/mol. The van der Waals surface area contributed by atoms with Crippen LogP contribution in [0, 0.1) is 0 Å². The summed E-state index contributed by atoms with van der Waals surface area (Å²) in [6.07, 6.45) is 3.84. The fourth-order valence-corrected chi connectivity index (χ4v) is 4.58. The van der Waals surface area contributed by atoms with Crippen LogP contribution in [0.5, 0.6) is 0 Å². The largest absolute Gasteiger partial charge is 0.447 e. The highest BCUT2D eigenvalue weighted by Crippen LogP contribution is 2.39. The van der Waals surface area contributed by atoms with Gasteiger partial charge in [-0.05, 0) is 37.0 Å². The molecule has 0 aromatic heterocycles. The maximum atomic E-state index is 12.7. The molecular weight excluding hydrogens is 435 g/mol. The molecule has 2 rings (SSSR count). The van der Waals surface area contributed by atoms with E-state index in [4.69, 9.17) is 9.47 Å². The maximum absolute atomic E-state index is 12.7. The Morgan fingerprint density at radius 3 is 2.67 bits per heavy atom. The molecule has 0 radical (unpaired) electrons. The van der Waals surface area contributed by atoms with E-state index in [1.807, 2.05) is 37.3 Å². The Bertz CT molecular complexity index is 577. The van der Waals surface area contributed by atoms with Crippen LogP contribution in [-0.4, -0.2) is 28.5 Å². The number of thioether (sulfide) groups is 1. The molecule has 0 N–H and O–H groups in total. The number of carbonyl (C=O) groups excluding carboxylic acids is 1. The van der Waals surface area contributed by atoms with Crippen LogP contribution < -0.4 is 0 Å². The Morgan fingerprint density at radius 1 is 1.46 bits per heavy atom. The van der Waals surface area contributed by atoms with Gasteiger partial charge in [0.05, 0.1) is 18.8 Å². The number of allylic oxidation sites excluding steroid dienone is 1. The molecule has 1 aromatic rings. The van der Waals surface area contributed by atoms with Crippen molar-refractivity contribution in [1.29, 1.82) is 0 Å². The number of ether oxygens (including phenoxy) is 2. The van der Waals surface area contributed by atoms with Crippen molar-refractivity contribution in [3.8, 4) is 0 Å². The van der Waals surface area contributed by atoms with E-state index in [-0.39, 0.29) is 5.97 Å². The van der Waals surface area contributed by atoms with E-state index in [9.17, 15) is 4.79 Å². The summed E-state index contributed by atoms with van der Waals surface area (Å²) < 4.78 is 12.4. The molecule has 1 fully saturated rings. The van der Waals surface area contributed by atoms with Gasteiger partial charge in [0, 0.05) is 15.1 Å². The molecule has 3 nitrogen and oxygen atoms in total. The van der Waals surface area contributed by atoms with Crippen LogP contribution in [-0.2, 0) is 9.47 Å².